The van der Waals surface area contributed by atoms with Crippen LogP contribution in [-0.2, 0) is 15.4 Å². The first kappa shape index (κ1) is 30.6. The van der Waals surface area contributed by atoms with Gasteiger partial charge < -0.3 is 9.05 Å². The first-order chi connectivity index (χ1) is 19.2. The first-order valence-electron chi connectivity index (χ1n) is 14.3. The summed E-state index contributed by atoms with van der Waals surface area (Å²) in [6, 6.07) is 32.3. The Morgan fingerprint density at radius 1 is 0.561 bits per heavy atom. The van der Waals surface area contributed by atoms with E-state index in [1.54, 1.807) is 12.1 Å². The van der Waals surface area contributed by atoms with Gasteiger partial charge in [-0.2, -0.15) is 0 Å². The van der Waals surface area contributed by atoms with E-state index in [0.717, 1.165) is 22.3 Å². The minimum atomic E-state index is -4.52. The number of benzene rings is 4. The van der Waals surface area contributed by atoms with Crippen LogP contribution in [0.1, 0.15) is 101 Å². The molecule has 4 nitrogen and oxygen atoms in total. The fourth-order valence-electron chi connectivity index (χ4n) is 5.10. The maximum absolute atomic E-state index is 13.5. The van der Waals surface area contributed by atoms with Gasteiger partial charge in [-0.3, -0.25) is 4.89 Å². The lowest BCUT2D eigenvalue weighted by Gasteiger charge is -2.27. The van der Waals surface area contributed by atoms with Gasteiger partial charge in [0, 0.05) is 23.0 Å². The molecule has 2 atom stereocenters. The molecule has 0 bridgehead atoms. The molecule has 0 aromatic heterocycles. The largest absolute Gasteiger partial charge is 0.584 e. The molecule has 0 spiro atoms. The first-order valence-corrected chi connectivity index (χ1v) is 15.8. The second-order valence-electron chi connectivity index (χ2n) is 12.9. The highest BCUT2D eigenvalue weighted by Gasteiger charge is 2.32. The van der Waals surface area contributed by atoms with Gasteiger partial charge in [0.15, 0.2) is 0 Å². The normalized spacial score (nSPS) is 15.0. The van der Waals surface area contributed by atoms with Crippen molar-refractivity contribution in [3.05, 3.63) is 130 Å². The molecule has 0 saturated heterocycles. The number of rotatable bonds is 8. The lowest BCUT2D eigenvalue weighted by molar-refractivity contribution is 0.286. The Kier molecular flexibility index (Phi) is 8.87. The van der Waals surface area contributed by atoms with Crippen LogP contribution in [0.25, 0.3) is 0 Å². The fourth-order valence-corrected chi connectivity index (χ4v) is 5.95. The molecule has 0 aliphatic heterocycles. The van der Waals surface area contributed by atoms with Crippen LogP contribution in [0.4, 0.5) is 0 Å². The predicted molar refractivity (Wildman–Crippen MR) is 169 cm³/mol. The average molecular weight is 571 g/mol. The maximum Gasteiger partial charge on any atom is 0.584 e. The van der Waals surface area contributed by atoms with Crippen molar-refractivity contribution >= 4 is 7.82 Å². The molecule has 5 heteroatoms. The minimum absolute atomic E-state index is 0.162. The van der Waals surface area contributed by atoms with Crippen molar-refractivity contribution in [3.8, 4) is 11.5 Å². The van der Waals surface area contributed by atoms with Gasteiger partial charge in [0.2, 0.25) is 0 Å². The van der Waals surface area contributed by atoms with Gasteiger partial charge in [0.1, 0.15) is 11.5 Å². The van der Waals surface area contributed by atoms with Gasteiger partial charge in [-0.05, 0) is 45.2 Å². The minimum Gasteiger partial charge on any atom is -0.395 e. The molecular formula is C36H43O4P. The number of hydrogen-bond donors (Lipinski definition) is 1. The standard InChI is InChI=1S/C36H43O4P/c1-25(27-15-11-9-12-16-27)29-19-21-33(31(23-29)35(3,4)5)39-41(37,38)40-34-22-20-30(24-32(34)36(6,7)8)26(2)28-17-13-10-14-18-28/h9-26H,1-8H3,(H,37,38). The second kappa shape index (κ2) is 11.9. The molecule has 4 rings (SSSR count). The Labute approximate surface area is 246 Å². The quantitative estimate of drug-likeness (QED) is 0.214. The summed E-state index contributed by atoms with van der Waals surface area (Å²) in [7, 11) is -4.52. The van der Waals surface area contributed by atoms with E-state index in [2.05, 4.69) is 91.8 Å². The van der Waals surface area contributed by atoms with E-state index in [0.29, 0.717) is 11.5 Å². The predicted octanol–water partition coefficient (Wildman–Crippen LogP) is 10.1. The third-order valence-electron chi connectivity index (χ3n) is 7.65. The smallest absolute Gasteiger partial charge is 0.395 e. The van der Waals surface area contributed by atoms with Crippen molar-refractivity contribution < 1.29 is 18.5 Å². The lowest BCUT2D eigenvalue weighted by atomic mass is 9.83. The van der Waals surface area contributed by atoms with Crippen LogP contribution in [0.2, 0.25) is 0 Å². The zero-order valence-electron chi connectivity index (χ0n) is 25.5. The second-order valence-corrected chi connectivity index (χ2v) is 14.2. The van der Waals surface area contributed by atoms with Crippen LogP contribution >= 0.6 is 7.82 Å². The van der Waals surface area contributed by atoms with Gasteiger partial charge >= 0.3 is 7.82 Å². The van der Waals surface area contributed by atoms with Crippen LogP contribution in [-0.4, -0.2) is 4.89 Å². The van der Waals surface area contributed by atoms with Crippen LogP contribution in [0.15, 0.2) is 97.1 Å². The number of phosphoric acid groups is 1. The Bertz CT molecular complexity index is 1400. The Morgan fingerprint density at radius 2 is 0.902 bits per heavy atom. The molecule has 0 aliphatic carbocycles. The Morgan fingerprint density at radius 3 is 1.22 bits per heavy atom. The summed E-state index contributed by atoms with van der Waals surface area (Å²) in [4.78, 5) is 11.0. The lowest BCUT2D eigenvalue weighted by Crippen LogP contribution is -2.16. The third-order valence-corrected chi connectivity index (χ3v) is 8.50. The van der Waals surface area contributed by atoms with Crippen molar-refractivity contribution in [2.75, 3.05) is 0 Å². The fraction of sp³-hybridized carbons (Fsp3) is 0.333. The van der Waals surface area contributed by atoms with E-state index >= 15 is 0 Å². The molecule has 4 aromatic carbocycles. The summed E-state index contributed by atoms with van der Waals surface area (Å²) < 4.78 is 25.1. The van der Waals surface area contributed by atoms with E-state index < -0.39 is 7.82 Å². The van der Waals surface area contributed by atoms with Crippen molar-refractivity contribution in [1.29, 1.82) is 0 Å². The molecule has 2 unspecified atom stereocenters. The van der Waals surface area contributed by atoms with Crippen molar-refractivity contribution in [1.82, 2.24) is 0 Å². The van der Waals surface area contributed by atoms with Crippen LogP contribution in [0, 0.1) is 0 Å². The molecule has 0 amide bonds. The molecule has 0 aliphatic rings. The van der Waals surface area contributed by atoms with Gasteiger partial charge in [0.05, 0.1) is 0 Å². The zero-order chi connectivity index (χ0) is 30.0. The summed E-state index contributed by atoms with van der Waals surface area (Å²) in [5.41, 5.74) is 5.67. The van der Waals surface area contributed by atoms with Gasteiger partial charge in [-0.25, -0.2) is 4.57 Å². The van der Waals surface area contributed by atoms with Gasteiger partial charge in [-0.1, -0.05) is 140 Å². The van der Waals surface area contributed by atoms with Crippen LogP contribution < -0.4 is 9.05 Å². The van der Waals surface area contributed by atoms with Crippen molar-refractivity contribution in [2.45, 2.75) is 78.1 Å². The summed E-state index contributed by atoms with van der Waals surface area (Å²) in [5.74, 6) is 1.02. The van der Waals surface area contributed by atoms with E-state index in [1.165, 1.54) is 11.1 Å². The maximum atomic E-state index is 13.5. The average Bonchev–Trinajstić information content (AvgIpc) is 2.92. The number of hydrogen-bond acceptors (Lipinski definition) is 3. The van der Waals surface area contributed by atoms with Crippen molar-refractivity contribution in [3.63, 3.8) is 0 Å². The number of phosphoric ester groups is 1. The van der Waals surface area contributed by atoms with E-state index in [1.807, 2.05) is 48.5 Å². The SMILES string of the molecule is CC(c1ccccc1)c1ccc(OP(=O)(O)Oc2ccc(C(C)c3ccccc3)cc2C(C)(C)C)c(C(C)(C)C)c1. The van der Waals surface area contributed by atoms with Crippen LogP contribution in [0.3, 0.4) is 0 Å². The van der Waals surface area contributed by atoms with Gasteiger partial charge in [0.25, 0.3) is 0 Å². The highest BCUT2D eigenvalue weighted by molar-refractivity contribution is 7.48. The molecular weight excluding hydrogens is 527 g/mol. The van der Waals surface area contributed by atoms with E-state index in [9.17, 15) is 9.46 Å². The summed E-state index contributed by atoms with van der Waals surface area (Å²) in [6.45, 7) is 16.7. The topological polar surface area (TPSA) is 55.8 Å². The molecule has 1 N–H and O–H groups in total. The third kappa shape index (κ3) is 7.50. The highest BCUT2D eigenvalue weighted by Crippen LogP contribution is 2.50. The molecule has 0 radical (unpaired) electrons. The molecule has 4 aromatic rings. The van der Waals surface area contributed by atoms with E-state index in [4.69, 9.17) is 9.05 Å². The van der Waals surface area contributed by atoms with Gasteiger partial charge in [-0.15, -0.1) is 0 Å². The monoisotopic (exact) mass is 570 g/mol. The summed E-state index contributed by atoms with van der Waals surface area (Å²) in [5, 5.41) is 0. The molecule has 0 fully saturated rings. The molecule has 0 heterocycles. The van der Waals surface area contributed by atoms with Crippen LogP contribution in [0.5, 0.6) is 11.5 Å². The zero-order valence-corrected chi connectivity index (χ0v) is 26.4. The Hall–Kier alpha value is -3.33. The summed E-state index contributed by atoms with van der Waals surface area (Å²) in [6.07, 6.45) is 0. The highest BCUT2D eigenvalue weighted by atomic mass is 31.2. The molecule has 216 valence electrons. The molecule has 41 heavy (non-hydrogen) atoms. The molecule has 0 saturated carbocycles. The van der Waals surface area contributed by atoms with Crippen molar-refractivity contribution in [2.24, 2.45) is 0 Å². The Balaban J connectivity index is 1.64. The van der Waals surface area contributed by atoms with E-state index in [-0.39, 0.29) is 22.7 Å². The summed E-state index contributed by atoms with van der Waals surface area (Å²) >= 11 is 0.